The molecule has 0 heterocycles. The van der Waals surface area contributed by atoms with Crippen LogP contribution >= 0.6 is 0 Å². The smallest absolute Gasteiger partial charge is 0.447 e. The molecule has 1 amide bonds. The van der Waals surface area contributed by atoms with Gasteiger partial charge in [0.25, 0.3) is 0 Å². The standard InChI is InChI=1S/C13H29NO6Si/c1-5-18-21(19-6-2,20-7-3)10-8-9-14-13(16)17-11-12(4)15/h12,15H,5-11H2,1-4H3,(H,14,16)/t12-/m0/s1. The van der Waals surface area contributed by atoms with Crippen molar-refractivity contribution < 1.29 is 27.9 Å². The molecule has 21 heavy (non-hydrogen) atoms. The fraction of sp³-hybridized carbons (Fsp3) is 0.923. The maximum Gasteiger partial charge on any atom is 0.500 e. The largest absolute Gasteiger partial charge is 0.500 e. The van der Waals surface area contributed by atoms with Gasteiger partial charge in [0.05, 0.1) is 6.10 Å². The van der Waals surface area contributed by atoms with Crippen molar-refractivity contribution in [1.82, 2.24) is 5.32 Å². The summed E-state index contributed by atoms with van der Waals surface area (Å²) in [7, 11) is -2.64. The molecule has 0 saturated carbocycles. The molecule has 0 rings (SSSR count). The number of alkyl carbamates (subject to hydrolysis) is 1. The van der Waals surface area contributed by atoms with E-state index in [0.717, 1.165) is 0 Å². The average Bonchev–Trinajstić information content (AvgIpc) is 2.42. The lowest BCUT2D eigenvalue weighted by molar-refractivity contribution is 0.0698. The van der Waals surface area contributed by atoms with Crippen LogP contribution < -0.4 is 5.32 Å². The third-order valence-corrected chi connectivity index (χ3v) is 5.63. The molecule has 0 bridgehead atoms. The summed E-state index contributed by atoms with van der Waals surface area (Å²) >= 11 is 0. The highest BCUT2D eigenvalue weighted by Gasteiger charge is 2.39. The molecular weight excluding hydrogens is 294 g/mol. The summed E-state index contributed by atoms with van der Waals surface area (Å²) in [6.45, 7) is 9.33. The molecule has 2 N–H and O–H groups in total. The second-order valence-electron chi connectivity index (χ2n) is 4.46. The Kier molecular flexibility index (Phi) is 11.5. The number of ether oxygens (including phenoxy) is 1. The van der Waals surface area contributed by atoms with E-state index in [2.05, 4.69) is 5.32 Å². The quantitative estimate of drug-likeness (QED) is 0.418. The number of rotatable bonds is 12. The van der Waals surface area contributed by atoms with Crippen molar-refractivity contribution in [2.24, 2.45) is 0 Å². The molecular formula is C13H29NO6Si. The van der Waals surface area contributed by atoms with Crippen molar-refractivity contribution in [2.45, 2.75) is 46.3 Å². The molecule has 0 aliphatic rings. The van der Waals surface area contributed by atoms with Crippen LogP contribution in [0, 0.1) is 0 Å². The number of carbonyl (C=O) groups excluding carboxylic acids is 1. The zero-order chi connectivity index (χ0) is 16.1. The van der Waals surface area contributed by atoms with E-state index < -0.39 is 21.0 Å². The Morgan fingerprint density at radius 1 is 1.14 bits per heavy atom. The lowest BCUT2D eigenvalue weighted by Crippen LogP contribution is -2.46. The first-order chi connectivity index (χ1) is 9.99. The molecule has 0 fully saturated rings. The Hall–Kier alpha value is -0.673. The molecule has 8 heteroatoms. The van der Waals surface area contributed by atoms with Crippen molar-refractivity contribution in [3.05, 3.63) is 0 Å². The third kappa shape index (κ3) is 9.80. The number of carbonyl (C=O) groups is 1. The van der Waals surface area contributed by atoms with E-state index in [9.17, 15) is 4.79 Å². The first kappa shape index (κ1) is 20.3. The Morgan fingerprint density at radius 2 is 1.67 bits per heavy atom. The number of aliphatic hydroxyl groups is 1. The Labute approximate surface area is 128 Å². The lowest BCUT2D eigenvalue weighted by atomic mass is 10.4. The van der Waals surface area contributed by atoms with Crippen LogP contribution in [0.15, 0.2) is 0 Å². The summed E-state index contributed by atoms with van der Waals surface area (Å²) in [5.74, 6) is 0. The van der Waals surface area contributed by atoms with Gasteiger partial charge in [-0.1, -0.05) is 0 Å². The van der Waals surface area contributed by atoms with Crippen LogP contribution in [0.2, 0.25) is 6.04 Å². The van der Waals surface area contributed by atoms with Crippen molar-refractivity contribution in [1.29, 1.82) is 0 Å². The summed E-state index contributed by atoms with van der Waals surface area (Å²) in [5, 5.41) is 11.6. The number of hydrogen-bond donors (Lipinski definition) is 2. The summed E-state index contributed by atoms with van der Waals surface area (Å²) in [4.78, 5) is 11.3. The van der Waals surface area contributed by atoms with Crippen molar-refractivity contribution in [3.8, 4) is 0 Å². The van der Waals surface area contributed by atoms with Crippen LogP contribution in [-0.4, -0.2) is 59.1 Å². The van der Waals surface area contributed by atoms with Gasteiger partial charge in [-0.15, -0.1) is 0 Å². The second kappa shape index (κ2) is 11.9. The maximum absolute atomic E-state index is 11.3. The number of aliphatic hydroxyl groups excluding tert-OH is 1. The van der Waals surface area contributed by atoms with E-state index in [0.29, 0.717) is 38.8 Å². The zero-order valence-corrected chi connectivity index (χ0v) is 14.5. The van der Waals surface area contributed by atoms with E-state index in [-0.39, 0.29) is 6.61 Å². The van der Waals surface area contributed by atoms with Crippen LogP contribution in [0.4, 0.5) is 4.79 Å². The molecule has 0 aliphatic heterocycles. The van der Waals surface area contributed by atoms with Crippen LogP contribution in [0.25, 0.3) is 0 Å². The molecule has 0 radical (unpaired) electrons. The van der Waals surface area contributed by atoms with Crippen LogP contribution in [-0.2, 0) is 18.0 Å². The predicted octanol–water partition coefficient (Wildman–Crippen LogP) is 1.53. The van der Waals surface area contributed by atoms with Gasteiger partial charge >= 0.3 is 14.9 Å². The fourth-order valence-corrected chi connectivity index (χ4v) is 4.36. The van der Waals surface area contributed by atoms with Crippen LogP contribution in [0.5, 0.6) is 0 Å². The van der Waals surface area contributed by atoms with Gasteiger partial charge in [0, 0.05) is 32.4 Å². The molecule has 7 nitrogen and oxygen atoms in total. The molecule has 0 spiro atoms. The summed E-state index contributed by atoms with van der Waals surface area (Å²) in [5.41, 5.74) is 0. The lowest BCUT2D eigenvalue weighted by Gasteiger charge is -2.28. The summed E-state index contributed by atoms with van der Waals surface area (Å²) < 4.78 is 21.9. The van der Waals surface area contributed by atoms with Gasteiger partial charge in [0.2, 0.25) is 0 Å². The van der Waals surface area contributed by atoms with E-state index >= 15 is 0 Å². The number of hydrogen-bond acceptors (Lipinski definition) is 6. The van der Waals surface area contributed by atoms with Crippen molar-refractivity contribution in [3.63, 3.8) is 0 Å². The van der Waals surface area contributed by atoms with Gasteiger partial charge in [-0.05, 0) is 34.1 Å². The average molecular weight is 323 g/mol. The molecule has 0 aliphatic carbocycles. The SMILES string of the molecule is CCO[Si](CCCNC(=O)OC[C@H](C)O)(OCC)OCC. The predicted molar refractivity (Wildman–Crippen MR) is 81.1 cm³/mol. The highest BCUT2D eigenvalue weighted by Crippen LogP contribution is 2.17. The van der Waals surface area contributed by atoms with E-state index in [1.807, 2.05) is 20.8 Å². The molecule has 0 saturated heterocycles. The first-order valence-corrected chi connectivity index (χ1v) is 9.43. The molecule has 0 aromatic rings. The maximum atomic E-state index is 11.3. The Balaban J connectivity index is 4.09. The van der Waals surface area contributed by atoms with Gasteiger partial charge in [-0.2, -0.15) is 0 Å². The zero-order valence-electron chi connectivity index (χ0n) is 13.5. The van der Waals surface area contributed by atoms with Gasteiger partial charge < -0.3 is 28.4 Å². The summed E-state index contributed by atoms with van der Waals surface area (Å²) in [6, 6.07) is 0.638. The van der Waals surface area contributed by atoms with Gasteiger partial charge in [0.1, 0.15) is 6.61 Å². The Bertz CT molecular complexity index is 260. The highest BCUT2D eigenvalue weighted by molar-refractivity contribution is 6.60. The minimum atomic E-state index is -2.64. The Morgan fingerprint density at radius 3 is 2.10 bits per heavy atom. The first-order valence-electron chi connectivity index (χ1n) is 7.50. The van der Waals surface area contributed by atoms with E-state index in [1.54, 1.807) is 6.92 Å². The number of nitrogens with one attached hydrogen (secondary N) is 1. The van der Waals surface area contributed by atoms with Crippen LogP contribution in [0.1, 0.15) is 34.1 Å². The fourth-order valence-electron chi connectivity index (χ4n) is 1.74. The van der Waals surface area contributed by atoms with E-state index in [4.69, 9.17) is 23.1 Å². The van der Waals surface area contributed by atoms with Gasteiger partial charge in [-0.3, -0.25) is 0 Å². The van der Waals surface area contributed by atoms with Gasteiger partial charge in [-0.25, -0.2) is 4.79 Å². The van der Waals surface area contributed by atoms with Crippen molar-refractivity contribution in [2.75, 3.05) is 33.0 Å². The van der Waals surface area contributed by atoms with Crippen molar-refractivity contribution >= 4 is 14.9 Å². The molecule has 0 aromatic carbocycles. The third-order valence-electron chi connectivity index (χ3n) is 2.48. The second-order valence-corrected chi connectivity index (χ2v) is 7.19. The van der Waals surface area contributed by atoms with Crippen LogP contribution in [0.3, 0.4) is 0 Å². The minimum Gasteiger partial charge on any atom is -0.447 e. The number of amides is 1. The molecule has 0 aromatic heterocycles. The molecule has 1 atom stereocenters. The highest BCUT2D eigenvalue weighted by atomic mass is 28.4. The van der Waals surface area contributed by atoms with Gasteiger partial charge in [0.15, 0.2) is 0 Å². The topological polar surface area (TPSA) is 86.3 Å². The minimum absolute atomic E-state index is 0.0125. The normalized spacial score (nSPS) is 13.0. The summed E-state index contributed by atoms with van der Waals surface area (Å²) in [6.07, 6.45) is -0.521. The molecule has 0 unspecified atom stereocenters. The van der Waals surface area contributed by atoms with E-state index in [1.165, 1.54) is 0 Å². The monoisotopic (exact) mass is 323 g/mol. The molecule has 126 valence electrons.